The van der Waals surface area contributed by atoms with E-state index in [1.165, 1.54) is 12.1 Å². The quantitative estimate of drug-likeness (QED) is 0.876. The second-order valence-corrected chi connectivity index (χ2v) is 5.13. The molecular weight excluding hydrogens is 252 g/mol. The van der Waals surface area contributed by atoms with Gasteiger partial charge in [-0.15, -0.1) is 0 Å². The highest BCUT2D eigenvalue weighted by atomic mass is 35.5. The van der Waals surface area contributed by atoms with E-state index in [0.717, 1.165) is 12.8 Å². The zero-order valence-electron chi connectivity index (χ0n) is 10.3. The molecule has 4 nitrogen and oxygen atoms in total. The highest BCUT2D eigenvalue weighted by Gasteiger charge is 2.35. The van der Waals surface area contributed by atoms with Crippen LogP contribution in [0.15, 0.2) is 18.2 Å². The van der Waals surface area contributed by atoms with Crippen molar-refractivity contribution in [3.8, 4) is 5.75 Å². The highest BCUT2D eigenvalue weighted by Crippen LogP contribution is 2.35. The Hall–Kier alpha value is -1.26. The fourth-order valence-corrected chi connectivity index (χ4v) is 2.32. The Morgan fingerprint density at radius 2 is 2.28 bits per heavy atom. The molecule has 1 atom stereocenters. The van der Waals surface area contributed by atoms with Gasteiger partial charge in [-0.3, -0.25) is 4.79 Å². The number of halogens is 1. The van der Waals surface area contributed by atoms with E-state index in [0.29, 0.717) is 18.0 Å². The van der Waals surface area contributed by atoms with E-state index in [1.54, 1.807) is 18.0 Å². The number of rotatable bonds is 4. The Morgan fingerprint density at radius 3 is 2.78 bits per heavy atom. The van der Waals surface area contributed by atoms with Gasteiger partial charge in [-0.05, 0) is 37.0 Å². The number of phenolic OH excluding ortho intramolecular Hbond substituents is 1. The molecule has 0 bridgehead atoms. The summed E-state index contributed by atoms with van der Waals surface area (Å²) in [7, 11) is 1.76. The van der Waals surface area contributed by atoms with Crippen molar-refractivity contribution in [1.82, 2.24) is 4.90 Å². The van der Waals surface area contributed by atoms with Crippen LogP contribution < -0.4 is 5.73 Å². The summed E-state index contributed by atoms with van der Waals surface area (Å²) in [5.74, 6) is 0.393. The summed E-state index contributed by atoms with van der Waals surface area (Å²) in [4.78, 5) is 14.0. The molecule has 1 aromatic rings. The molecule has 18 heavy (non-hydrogen) atoms. The van der Waals surface area contributed by atoms with Crippen LogP contribution in [-0.4, -0.2) is 35.5 Å². The van der Waals surface area contributed by atoms with Gasteiger partial charge in [0.1, 0.15) is 5.75 Å². The maximum Gasteiger partial charge on any atom is 0.253 e. The van der Waals surface area contributed by atoms with Gasteiger partial charge in [0.05, 0.1) is 5.02 Å². The fraction of sp³-hybridized carbons (Fsp3) is 0.462. The third-order valence-corrected chi connectivity index (χ3v) is 3.72. The van der Waals surface area contributed by atoms with Crippen LogP contribution in [-0.2, 0) is 0 Å². The number of aromatic hydroxyl groups is 1. The van der Waals surface area contributed by atoms with Crippen molar-refractivity contribution in [2.75, 3.05) is 13.6 Å². The molecule has 0 aliphatic heterocycles. The molecule has 0 spiro atoms. The molecular formula is C13H17ClN2O2. The minimum atomic E-state index is -0.112. The van der Waals surface area contributed by atoms with E-state index in [-0.39, 0.29) is 22.7 Å². The van der Waals surface area contributed by atoms with Gasteiger partial charge in [0.15, 0.2) is 0 Å². The van der Waals surface area contributed by atoms with Crippen molar-refractivity contribution in [3.05, 3.63) is 28.8 Å². The van der Waals surface area contributed by atoms with Crippen LogP contribution in [0.5, 0.6) is 5.75 Å². The minimum Gasteiger partial charge on any atom is -0.506 e. The van der Waals surface area contributed by atoms with Gasteiger partial charge in [0.25, 0.3) is 5.91 Å². The standard InChI is InChI=1S/C13H17ClN2O2/c1-16(11(7-15)8-2-3-8)13(18)9-4-5-12(17)10(14)6-9/h4-6,8,11,17H,2-3,7,15H2,1H3. The largest absolute Gasteiger partial charge is 0.506 e. The highest BCUT2D eigenvalue weighted by molar-refractivity contribution is 6.32. The summed E-state index contributed by atoms with van der Waals surface area (Å²) >= 11 is 5.81. The average molecular weight is 269 g/mol. The van der Waals surface area contributed by atoms with Crippen LogP contribution in [0.4, 0.5) is 0 Å². The Bertz CT molecular complexity index is 460. The van der Waals surface area contributed by atoms with Crippen LogP contribution in [0, 0.1) is 5.92 Å². The third kappa shape index (κ3) is 2.60. The minimum absolute atomic E-state index is 0.0200. The number of nitrogens with two attached hydrogens (primary N) is 1. The smallest absolute Gasteiger partial charge is 0.253 e. The van der Waals surface area contributed by atoms with Crippen LogP contribution >= 0.6 is 11.6 Å². The number of phenols is 1. The predicted molar refractivity (Wildman–Crippen MR) is 70.8 cm³/mol. The molecule has 1 aromatic carbocycles. The number of nitrogens with zero attached hydrogens (tertiary/aromatic N) is 1. The Balaban J connectivity index is 2.16. The molecule has 0 radical (unpaired) electrons. The Labute approximate surface area is 111 Å². The fourth-order valence-electron chi connectivity index (χ4n) is 2.14. The lowest BCUT2D eigenvalue weighted by Gasteiger charge is -2.27. The van der Waals surface area contributed by atoms with Gasteiger partial charge < -0.3 is 15.7 Å². The lowest BCUT2D eigenvalue weighted by atomic mass is 10.1. The molecule has 98 valence electrons. The first kappa shape index (κ1) is 13.2. The van der Waals surface area contributed by atoms with Crippen LogP contribution in [0.1, 0.15) is 23.2 Å². The molecule has 1 amide bonds. The maximum absolute atomic E-state index is 12.3. The molecule has 1 aliphatic rings. The van der Waals surface area contributed by atoms with E-state index in [2.05, 4.69) is 0 Å². The second-order valence-electron chi connectivity index (χ2n) is 4.72. The van der Waals surface area contributed by atoms with Crippen LogP contribution in [0.3, 0.4) is 0 Å². The summed E-state index contributed by atoms with van der Waals surface area (Å²) in [5, 5.41) is 9.53. The van der Waals surface area contributed by atoms with E-state index in [4.69, 9.17) is 17.3 Å². The third-order valence-electron chi connectivity index (χ3n) is 3.42. The van der Waals surface area contributed by atoms with Crippen molar-refractivity contribution in [3.63, 3.8) is 0 Å². The molecule has 2 rings (SSSR count). The van der Waals surface area contributed by atoms with Crippen LogP contribution in [0.2, 0.25) is 5.02 Å². The molecule has 1 aliphatic carbocycles. The first-order valence-corrected chi connectivity index (χ1v) is 6.38. The lowest BCUT2D eigenvalue weighted by molar-refractivity contribution is 0.0718. The summed E-state index contributed by atoms with van der Waals surface area (Å²) in [6, 6.07) is 4.57. The van der Waals surface area contributed by atoms with E-state index in [1.807, 2.05) is 0 Å². The molecule has 3 N–H and O–H groups in total. The molecule has 0 aromatic heterocycles. The van der Waals surface area contributed by atoms with Gasteiger partial charge in [-0.2, -0.15) is 0 Å². The number of carbonyl (C=O) groups excluding carboxylic acids is 1. The van der Waals surface area contributed by atoms with E-state index in [9.17, 15) is 9.90 Å². The average Bonchev–Trinajstić information content (AvgIpc) is 3.17. The van der Waals surface area contributed by atoms with Gasteiger partial charge in [0.2, 0.25) is 0 Å². The van der Waals surface area contributed by atoms with Gasteiger partial charge in [-0.25, -0.2) is 0 Å². The molecule has 1 fully saturated rings. The first-order chi connectivity index (χ1) is 8.54. The number of amides is 1. The van der Waals surface area contributed by atoms with Crippen molar-refractivity contribution >= 4 is 17.5 Å². The predicted octanol–water partition coefficient (Wildman–Crippen LogP) is 1.85. The summed E-state index contributed by atoms with van der Waals surface area (Å²) in [5.41, 5.74) is 6.20. The van der Waals surface area contributed by atoms with E-state index < -0.39 is 0 Å². The van der Waals surface area contributed by atoms with Crippen molar-refractivity contribution in [2.24, 2.45) is 11.7 Å². The zero-order chi connectivity index (χ0) is 13.3. The van der Waals surface area contributed by atoms with Gasteiger partial charge in [-0.1, -0.05) is 11.6 Å². The molecule has 0 heterocycles. The summed E-state index contributed by atoms with van der Waals surface area (Å²) in [6.45, 7) is 0.471. The van der Waals surface area contributed by atoms with Crippen LogP contribution in [0.25, 0.3) is 0 Å². The number of hydrogen-bond donors (Lipinski definition) is 2. The zero-order valence-corrected chi connectivity index (χ0v) is 11.0. The van der Waals surface area contributed by atoms with Gasteiger partial charge >= 0.3 is 0 Å². The normalized spacial score (nSPS) is 16.4. The Kier molecular flexibility index (Phi) is 3.78. The summed E-state index contributed by atoms with van der Waals surface area (Å²) in [6.07, 6.45) is 2.27. The number of benzene rings is 1. The SMILES string of the molecule is CN(C(=O)c1ccc(O)c(Cl)c1)C(CN)C1CC1. The molecule has 0 saturated heterocycles. The lowest BCUT2D eigenvalue weighted by Crippen LogP contribution is -2.43. The van der Waals surface area contributed by atoms with Crippen molar-refractivity contribution in [2.45, 2.75) is 18.9 Å². The van der Waals surface area contributed by atoms with Crippen molar-refractivity contribution in [1.29, 1.82) is 0 Å². The molecule has 5 heteroatoms. The van der Waals surface area contributed by atoms with E-state index >= 15 is 0 Å². The number of likely N-dealkylation sites (N-methyl/N-ethyl adjacent to an activating group) is 1. The molecule has 1 unspecified atom stereocenters. The molecule has 1 saturated carbocycles. The van der Waals surface area contributed by atoms with Gasteiger partial charge in [0, 0.05) is 25.2 Å². The monoisotopic (exact) mass is 268 g/mol. The van der Waals surface area contributed by atoms with Crippen molar-refractivity contribution < 1.29 is 9.90 Å². The second kappa shape index (κ2) is 5.16. The maximum atomic E-state index is 12.3. The Morgan fingerprint density at radius 1 is 1.61 bits per heavy atom. The summed E-state index contributed by atoms with van der Waals surface area (Å²) < 4.78 is 0. The number of carbonyl (C=O) groups is 1. The number of hydrogen-bond acceptors (Lipinski definition) is 3. The first-order valence-electron chi connectivity index (χ1n) is 6.00. The topological polar surface area (TPSA) is 66.6 Å².